The number of thioether (sulfide) groups is 2. The summed E-state index contributed by atoms with van der Waals surface area (Å²) in [6.07, 6.45) is 2.40. The van der Waals surface area contributed by atoms with Gasteiger partial charge >= 0.3 is 0 Å². The molecule has 28 heavy (non-hydrogen) atoms. The fraction of sp³-hybridized carbons (Fsp3) is 0.435. The zero-order chi connectivity index (χ0) is 19.0. The average Bonchev–Trinajstić information content (AvgIpc) is 2.75. The predicted octanol–water partition coefficient (Wildman–Crippen LogP) is 4.65. The Morgan fingerprint density at radius 2 is 1.43 bits per heavy atom. The van der Waals surface area contributed by atoms with E-state index in [-0.39, 0.29) is 0 Å². The van der Waals surface area contributed by atoms with Crippen molar-refractivity contribution in [2.24, 2.45) is 4.99 Å². The van der Waals surface area contributed by atoms with E-state index in [1.54, 1.807) is 0 Å². The maximum absolute atomic E-state index is 5.05. The van der Waals surface area contributed by atoms with Crippen molar-refractivity contribution in [3.8, 4) is 0 Å². The molecule has 0 bridgehead atoms. The minimum absolute atomic E-state index is 0.447. The van der Waals surface area contributed by atoms with Gasteiger partial charge in [-0.05, 0) is 24.0 Å². The van der Waals surface area contributed by atoms with Crippen molar-refractivity contribution >= 4 is 29.5 Å². The maximum Gasteiger partial charge on any atom is 0.194 e. The highest BCUT2D eigenvalue weighted by molar-refractivity contribution is 7.98. The standard InChI is InChI=1S/C23H29N3S2/c1-3-7-19(8-4-1)15-27-17-21-11-13-26-14-12-22(25-23(26)24-21)18-28-16-20-9-5-2-6-10-20/h1-10,21-22H,11-18H2,(H,24,25)/t21-,22-/m1/s1. The van der Waals surface area contributed by atoms with E-state index in [1.165, 1.54) is 24.0 Å². The summed E-state index contributed by atoms with van der Waals surface area (Å²) < 4.78 is 0. The van der Waals surface area contributed by atoms with Crippen LogP contribution in [0.3, 0.4) is 0 Å². The van der Waals surface area contributed by atoms with Gasteiger partial charge in [-0.15, -0.1) is 0 Å². The number of rotatable bonds is 8. The van der Waals surface area contributed by atoms with Gasteiger partial charge < -0.3 is 10.2 Å². The Bertz CT molecular complexity index is 751. The summed E-state index contributed by atoms with van der Waals surface area (Å²) in [5, 5.41) is 3.73. The van der Waals surface area contributed by atoms with Crippen LogP contribution in [0.15, 0.2) is 65.7 Å². The van der Waals surface area contributed by atoms with Gasteiger partial charge in [0, 0.05) is 42.1 Å². The molecule has 2 aliphatic rings. The van der Waals surface area contributed by atoms with E-state index in [2.05, 4.69) is 70.9 Å². The van der Waals surface area contributed by atoms with Gasteiger partial charge in [-0.2, -0.15) is 23.5 Å². The molecule has 148 valence electrons. The van der Waals surface area contributed by atoms with Crippen LogP contribution >= 0.6 is 23.5 Å². The predicted molar refractivity (Wildman–Crippen MR) is 124 cm³/mol. The third-order valence-electron chi connectivity index (χ3n) is 5.27. The topological polar surface area (TPSA) is 27.6 Å². The Morgan fingerprint density at radius 1 is 0.821 bits per heavy atom. The van der Waals surface area contributed by atoms with Crippen molar-refractivity contribution in [2.75, 3.05) is 24.6 Å². The Morgan fingerprint density at radius 3 is 2.11 bits per heavy atom. The number of nitrogens with zero attached hydrogens (tertiary/aromatic N) is 2. The lowest BCUT2D eigenvalue weighted by atomic mass is 10.1. The molecule has 0 radical (unpaired) electrons. The number of aliphatic imine (C=N–C) groups is 1. The first-order valence-electron chi connectivity index (χ1n) is 10.2. The SMILES string of the molecule is c1ccc(CSC[C@H]2CCN3CC[C@H](CSCc4ccccc4)NC3=N2)cc1. The van der Waals surface area contributed by atoms with Gasteiger partial charge in [-0.1, -0.05) is 60.7 Å². The Balaban J connectivity index is 1.22. The van der Waals surface area contributed by atoms with Crippen molar-refractivity contribution < 1.29 is 0 Å². The van der Waals surface area contributed by atoms with Crippen molar-refractivity contribution in [1.82, 2.24) is 10.2 Å². The largest absolute Gasteiger partial charge is 0.353 e. The van der Waals surface area contributed by atoms with Crippen LogP contribution in [0, 0.1) is 0 Å². The first kappa shape index (κ1) is 19.7. The number of hydrogen-bond donors (Lipinski definition) is 1. The smallest absolute Gasteiger partial charge is 0.194 e. The number of fused-ring (bicyclic) bond motifs is 1. The summed E-state index contributed by atoms with van der Waals surface area (Å²) in [4.78, 5) is 7.49. The van der Waals surface area contributed by atoms with E-state index >= 15 is 0 Å². The van der Waals surface area contributed by atoms with Gasteiger partial charge in [-0.3, -0.25) is 0 Å². The molecule has 4 rings (SSSR count). The summed E-state index contributed by atoms with van der Waals surface area (Å²) in [5.74, 6) is 5.58. The molecule has 1 fully saturated rings. The zero-order valence-electron chi connectivity index (χ0n) is 16.3. The van der Waals surface area contributed by atoms with Gasteiger partial charge in [0.25, 0.3) is 0 Å². The van der Waals surface area contributed by atoms with Crippen LogP contribution in [0.4, 0.5) is 0 Å². The van der Waals surface area contributed by atoms with Crippen molar-refractivity contribution in [1.29, 1.82) is 0 Å². The molecule has 2 aliphatic heterocycles. The van der Waals surface area contributed by atoms with E-state index < -0.39 is 0 Å². The molecule has 5 heteroatoms. The third-order valence-corrected chi connectivity index (χ3v) is 7.60. The number of hydrogen-bond acceptors (Lipinski definition) is 5. The molecule has 2 heterocycles. The van der Waals surface area contributed by atoms with Crippen LogP contribution in [-0.4, -0.2) is 47.5 Å². The summed E-state index contributed by atoms with van der Waals surface area (Å²) >= 11 is 4.03. The third kappa shape index (κ3) is 5.71. The molecule has 0 saturated carbocycles. The van der Waals surface area contributed by atoms with E-state index in [0.29, 0.717) is 12.1 Å². The van der Waals surface area contributed by atoms with Crippen molar-refractivity contribution in [3.63, 3.8) is 0 Å². The molecular weight excluding hydrogens is 382 g/mol. The second-order valence-electron chi connectivity index (χ2n) is 7.51. The van der Waals surface area contributed by atoms with E-state index in [4.69, 9.17) is 4.99 Å². The minimum Gasteiger partial charge on any atom is -0.353 e. The summed E-state index contributed by atoms with van der Waals surface area (Å²) in [6.45, 7) is 2.29. The molecule has 2 aromatic carbocycles. The fourth-order valence-corrected chi connectivity index (χ4v) is 5.81. The van der Waals surface area contributed by atoms with Crippen LogP contribution in [-0.2, 0) is 11.5 Å². The highest BCUT2D eigenvalue weighted by atomic mass is 32.2. The van der Waals surface area contributed by atoms with Crippen LogP contribution in [0.5, 0.6) is 0 Å². The average molecular weight is 412 g/mol. The maximum atomic E-state index is 5.05. The van der Waals surface area contributed by atoms with E-state index in [0.717, 1.165) is 42.1 Å². The first-order valence-corrected chi connectivity index (χ1v) is 12.5. The zero-order valence-corrected chi connectivity index (χ0v) is 17.9. The first-order chi connectivity index (χ1) is 13.9. The molecule has 2 atom stereocenters. The summed E-state index contributed by atoms with van der Waals surface area (Å²) in [7, 11) is 0. The molecule has 0 amide bonds. The molecule has 2 aromatic rings. The number of benzene rings is 2. The summed E-state index contributed by atoms with van der Waals surface area (Å²) in [5.41, 5.74) is 2.82. The van der Waals surface area contributed by atoms with E-state index in [1.807, 2.05) is 23.5 Å². The molecule has 0 unspecified atom stereocenters. The van der Waals surface area contributed by atoms with Gasteiger partial charge in [0.1, 0.15) is 0 Å². The monoisotopic (exact) mass is 411 g/mol. The Kier molecular flexibility index (Phi) is 7.23. The molecule has 0 aromatic heterocycles. The van der Waals surface area contributed by atoms with Gasteiger partial charge in [-0.25, -0.2) is 4.99 Å². The van der Waals surface area contributed by atoms with Crippen LogP contribution in [0.2, 0.25) is 0 Å². The van der Waals surface area contributed by atoms with Gasteiger partial charge in [0.2, 0.25) is 0 Å². The Hall–Kier alpha value is -1.59. The lowest BCUT2D eigenvalue weighted by molar-refractivity contribution is 0.305. The second-order valence-corrected chi connectivity index (χ2v) is 9.57. The molecule has 0 aliphatic carbocycles. The van der Waals surface area contributed by atoms with Crippen molar-refractivity contribution in [3.05, 3.63) is 71.8 Å². The Labute approximate surface area is 177 Å². The highest BCUT2D eigenvalue weighted by Gasteiger charge is 2.27. The normalized spacial score (nSPS) is 21.6. The number of guanidine groups is 1. The lowest BCUT2D eigenvalue weighted by Crippen LogP contribution is -2.56. The van der Waals surface area contributed by atoms with Gasteiger partial charge in [0.05, 0.1) is 6.04 Å². The summed E-state index contributed by atoms with van der Waals surface area (Å²) in [6, 6.07) is 22.5. The highest BCUT2D eigenvalue weighted by Crippen LogP contribution is 2.22. The molecule has 1 N–H and O–H groups in total. The fourth-order valence-electron chi connectivity index (χ4n) is 3.67. The van der Waals surface area contributed by atoms with Crippen molar-refractivity contribution in [2.45, 2.75) is 36.4 Å². The minimum atomic E-state index is 0.447. The van der Waals surface area contributed by atoms with Gasteiger partial charge in [0.15, 0.2) is 5.96 Å². The number of nitrogens with one attached hydrogen (secondary N) is 1. The molecule has 3 nitrogen and oxygen atoms in total. The van der Waals surface area contributed by atoms with Crippen LogP contribution in [0.1, 0.15) is 24.0 Å². The van der Waals surface area contributed by atoms with Crippen LogP contribution < -0.4 is 5.32 Å². The molecule has 0 spiro atoms. The van der Waals surface area contributed by atoms with Crippen LogP contribution in [0.25, 0.3) is 0 Å². The molecular formula is C23H29N3S2. The van der Waals surface area contributed by atoms with E-state index in [9.17, 15) is 0 Å². The quantitative estimate of drug-likeness (QED) is 0.684. The molecule has 1 saturated heterocycles. The lowest BCUT2D eigenvalue weighted by Gasteiger charge is -2.39. The second kappa shape index (κ2) is 10.3.